The first-order chi connectivity index (χ1) is 12.4. The average Bonchev–Trinajstić information content (AvgIpc) is 3.25. The molecule has 0 radical (unpaired) electrons. The lowest BCUT2D eigenvalue weighted by atomic mass is 10.1. The Morgan fingerprint density at radius 3 is 3.08 bits per heavy atom. The van der Waals surface area contributed by atoms with Crippen molar-refractivity contribution in [3.8, 4) is 0 Å². The molecule has 0 spiro atoms. The lowest BCUT2D eigenvalue weighted by Crippen LogP contribution is -2.29. The van der Waals surface area contributed by atoms with Crippen molar-refractivity contribution in [1.82, 2.24) is 19.4 Å². The molecule has 5 nitrogen and oxygen atoms in total. The molecule has 3 aromatic rings. The zero-order chi connectivity index (χ0) is 16.9. The van der Waals surface area contributed by atoms with Crippen molar-refractivity contribution >= 4 is 11.3 Å². The Kier molecular flexibility index (Phi) is 5.20. The molecular weight excluding hydrogens is 332 g/mol. The summed E-state index contributed by atoms with van der Waals surface area (Å²) < 4.78 is 8.24. The Bertz CT molecular complexity index is 772. The largest absolute Gasteiger partial charge is 0.375 e. The van der Waals surface area contributed by atoms with Crippen LogP contribution >= 0.6 is 11.3 Å². The van der Waals surface area contributed by atoms with Crippen LogP contribution in [0.15, 0.2) is 53.7 Å². The minimum atomic E-state index is 0.442. The van der Waals surface area contributed by atoms with E-state index in [2.05, 4.69) is 36.3 Å². The molecular formula is C19H22N4OS. The highest BCUT2D eigenvalue weighted by Crippen LogP contribution is 2.20. The molecule has 1 atom stereocenters. The minimum absolute atomic E-state index is 0.442. The van der Waals surface area contributed by atoms with Crippen LogP contribution in [0, 0.1) is 5.92 Å². The molecule has 0 aliphatic carbocycles. The second-order valence-corrected chi connectivity index (χ2v) is 7.32. The molecule has 0 saturated carbocycles. The van der Waals surface area contributed by atoms with Gasteiger partial charge in [0.05, 0.1) is 30.9 Å². The maximum absolute atomic E-state index is 5.97. The SMILES string of the molecule is c1ccc(COCC2CN(Cc3ccsc3)Cc3cncn3C2)nc1. The Morgan fingerprint density at radius 2 is 2.24 bits per heavy atom. The van der Waals surface area contributed by atoms with Gasteiger partial charge in [-0.25, -0.2) is 4.98 Å². The molecule has 0 saturated heterocycles. The van der Waals surface area contributed by atoms with Gasteiger partial charge in [-0.3, -0.25) is 9.88 Å². The standard InChI is InChI=1S/C19H22N4OS/c1-2-5-21-18(3-1)13-24-12-17-9-22(8-16-4-6-25-14-16)11-19-7-20-15-23(19)10-17/h1-7,14-15,17H,8-13H2. The number of ether oxygens (including phenoxy) is 1. The van der Waals surface area contributed by atoms with Gasteiger partial charge in [0.15, 0.2) is 0 Å². The van der Waals surface area contributed by atoms with E-state index in [1.807, 2.05) is 36.9 Å². The first kappa shape index (κ1) is 16.4. The van der Waals surface area contributed by atoms with E-state index in [0.717, 1.165) is 38.5 Å². The predicted molar refractivity (Wildman–Crippen MR) is 98.0 cm³/mol. The Labute approximate surface area is 151 Å². The lowest BCUT2D eigenvalue weighted by Gasteiger charge is -2.23. The van der Waals surface area contributed by atoms with Crippen LogP contribution in [-0.4, -0.2) is 32.6 Å². The quantitative estimate of drug-likeness (QED) is 0.682. The van der Waals surface area contributed by atoms with Crippen molar-refractivity contribution < 1.29 is 4.74 Å². The van der Waals surface area contributed by atoms with E-state index in [9.17, 15) is 0 Å². The van der Waals surface area contributed by atoms with Gasteiger partial charge in [0.25, 0.3) is 0 Å². The Balaban J connectivity index is 1.40. The number of pyridine rings is 1. The molecule has 3 aromatic heterocycles. The minimum Gasteiger partial charge on any atom is -0.375 e. The van der Waals surface area contributed by atoms with E-state index in [1.165, 1.54) is 11.3 Å². The number of imidazole rings is 1. The van der Waals surface area contributed by atoms with Gasteiger partial charge in [0, 0.05) is 44.5 Å². The van der Waals surface area contributed by atoms with Crippen LogP contribution in [0.4, 0.5) is 0 Å². The molecule has 1 unspecified atom stereocenters. The number of rotatable bonds is 6. The van der Waals surface area contributed by atoms with Gasteiger partial charge in [0.2, 0.25) is 0 Å². The highest BCUT2D eigenvalue weighted by atomic mass is 32.1. The monoisotopic (exact) mass is 354 g/mol. The number of thiophene rings is 1. The fourth-order valence-electron chi connectivity index (χ4n) is 3.32. The zero-order valence-electron chi connectivity index (χ0n) is 14.1. The van der Waals surface area contributed by atoms with Gasteiger partial charge < -0.3 is 9.30 Å². The summed E-state index contributed by atoms with van der Waals surface area (Å²) in [6.07, 6.45) is 5.73. The Hall–Kier alpha value is -2.02. The summed E-state index contributed by atoms with van der Waals surface area (Å²) in [7, 11) is 0. The highest BCUT2D eigenvalue weighted by Gasteiger charge is 2.22. The first-order valence-corrected chi connectivity index (χ1v) is 9.51. The highest BCUT2D eigenvalue weighted by molar-refractivity contribution is 7.07. The Morgan fingerprint density at radius 1 is 1.24 bits per heavy atom. The second-order valence-electron chi connectivity index (χ2n) is 6.54. The molecule has 0 aromatic carbocycles. The molecule has 4 rings (SSSR count). The summed E-state index contributed by atoms with van der Waals surface area (Å²) in [5.41, 5.74) is 3.64. The van der Waals surface area contributed by atoms with E-state index in [0.29, 0.717) is 12.5 Å². The number of hydrogen-bond donors (Lipinski definition) is 0. The van der Waals surface area contributed by atoms with Crippen LogP contribution in [0.25, 0.3) is 0 Å². The van der Waals surface area contributed by atoms with Crippen LogP contribution in [0.1, 0.15) is 17.0 Å². The summed E-state index contributed by atoms with van der Waals surface area (Å²) >= 11 is 1.76. The summed E-state index contributed by atoms with van der Waals surface area (Å²) in [6.45, 7) is 5.20. The molecule has 25 heavy (non-hydrogen) atoms. The molecule has 1 aliphatic rings. The maximum atomic E-state index is 5.97. The van der Waals surface area contributed by atoms with Crippen molar-refractivity contribution in [2.45, 2.75) is 26.2 Å². The summed E-state index contributed by atoms with van der Waals surface area (Å²) in [5, 5.41) is 4.37. The molecule has 0 amide bonds. The van der Waals surface area contributed by atoms with Crippen LogP contribution < -0.4 is 0 Å². The van der Waals surface area contributed by atoms with Crippen molar-refractivity contribution in [2.24, 2.45) is 5.92 Å². The van der Waals surface area contributed by atoms with Gasteiger partial charge in [-0.2, -0.15) is 11.3 Å². The average molecular weight is 354 g/mol. The zero-order valence-corrected chi connectivity index (χ0v) is 14.9. The van der Waals surface area contributed by atoms with Crippen molar-refractivity contribution in [1.29, 1.82) is 0 Å². The van der Waals surface area contributed by atoms with Gasteiger partial charge in [-0.1, -0.05) is 6.07 Å². The summed E-state index contributed by atoms with van der Waals surface area (Å²) in [4.78, 5) is 11.1. The van der Waals surface area contributed by atoms with Crippen molar-refractivity contribution in [3.63, 3.8) is 0 Å². The van der Waals surface area contributed by atoms with Crippen LogP contribution in [0.5, 0.6) is 0 Å². The normalized spacial score (nSPS) is 18.0. The third-order valence-corrected chi connectivity index (χ3v) is 5.20. The molecule has 0 fully saturated rings. The molecule has 1 aliphatic heterocycles. The molecule has 0 bridgehead atoms. The molecule has 0 N–H and O–H groups in total. The van der Waals surface area contributed by atoms with Crippen molar-refractivity contribution in [3.05, 3.63) is 70.7 Å². The maximum Gasteiger partial charge on any atom is 0.0948 e. The number of nitrogens with zero attached hydrogens (tertiary/aromatic N) is 4. The van der Waals surface area contributed by atoms with Gasteiger partial charge in [0.1, 0.15) is 0 Å². The van der Waals surface area contributed by atoms with Crippen LogP contribution in [0.2, 0.25) is 0 Å². The fourth-order valence-corrected chi connectivity index (χ4v) is 3.98. The van der Waals surface area contributed by atoms with E-state index >= 15 is 0 Å². The third kappa shape index (κ3) is 4.34. The van der Waals surface area contributed by atoms with E-state index in [-0.39, 0.29) is 0 Å². The smallest absolute Gasteiger partial charge is 0.0948 e. The second kappa shape index (κ2) is 7.91. The van der Waals surface area contributed by atoms with E-state index in [4.69, 9.17) is 4.74 Å². The number of hydrogen-bond acceptors (Lipinski definition) is 5. The van der Waals surface area contributed by atoms with Crippen LogP contribution in [0.3, 0.4) is 0 Å². The lowest BCUT2D eigenvalue weighted by molar-refractivity contribution is 0.0649. The van der Waals surface area contributed by atoms with Crippen LogP contribution in [-0.2, 0) is 31.0 Å². The summed E-state index contributed by atoms with van der Waals surface area (Å²) in [6, 6.07) is 8.14. The first-order valence-electron chi connectivity index (χ1n) is 8.57. The van der Waals surface area contributed by atoms with Gasteiger partial charge >= 0.3 is 0 Å². The molecule has 4 heterocycles. The third-order valence-electron chi connectivity index (χ3n) is 4.47. The van der Waals surface area contributed by atoms with Crippen molar-refractivity contribution in [2.75, 3.05) is 13.2 Å². The fraction of sp³-hybridized carbons (Fsp3) is 0.368. The van der Waals surface area contributed by atoms with E-state index in [1.54, 1.807) is 11.3 Å². The molecule has 6 heteroatoms. The predicted octanol–water partition coefficient (Wildman–Crippen LogP) is 3.19. The molecule has 130 valence electrons. The van der Waals surface area contributed by atoms with Gasteiger partial charge in [-0.05, 0) is 34.5 Å². The topological polar surface area (TPSA) is 43.2 Å². The summed E-state index contributed by atoms with van der Waals surface area (Å²) in [5.74, 6) is 0.442. The van der Waals surface area contributed by atoms with E-state index < -0.39 is 0 Å². The number of aromatic nitrogens is 3. The van der Waals surface area contributed by atoms with Gasteiger partial charge in [-0.15, -0.1) is 0 Å². The number of fused-ring (bicyclic) bond motifs is 1.